The first-order valence-electron chi connectivity index (χ1n) is 4.69. The molecule has 5 heteroatoms. The van der Waals surface area contributed by atoms with E-state index in [9.17, 15) is 0 Å². The Hall–Kier alpha value is 1.17. The van der Waals surface area contributed by atoms with Crippen LogP contribution in [0, 0.1) is 10.7 Å². The van der Waals surface area contributed by atoms with Crippen molar-refractivity contribution in [2.75, 3.05) is 13.1 Å². The van der Waals surface area contributed by atoms with Crippen LogP contribution < -0.4 is 10.1 Å². The number of nitrogens with one attached hydrogen (secondary N) is 1. The normalized spacial score (nSPS) is 20.6. The molecule has 1 saturated heterocycles. The van der Waals surface area contributed by atoms with Gasteiger partial charge in [0.05, 0.1) is 7.14 Å². The Morgan fingerprint density at radius 2 is 1.87 bits per heavy atom. The number of rotatable bonds is 2. The number of hydrogen-bond acceptors (Lipinski definition) is 2. The second-order valence-electron chi connectivity index (χ2n) is 3.43. The second kappa shape index (κ2) is 5.67. The predicted molar refractivity (Wildman–Crippen MR) is 86.5 cm³/mol. The Labute approximate surface area is 130 Å². The summed E-state index contributed by atoms with van der Waals surface area (Å²) in [6.07, 6.45) is 1.45. The highest BCUT2D eigenvalue weighted by Crippen LogP contribution is 2.30. The van der Waals surface area contributed by atoms with Gasteiger partial charge in [-0.15, -0.1) is 0 Å². The Bertz CT molecular complexity index is 341. The summed E-state index contributed by atoms with van der Waals surface area (Å²) in [5.74, 6) is 1.05. The second-order valence-corrected chi connectivity index (χ2v) is 7.00. The van der Waals surface area contributed by atoms with Crippen LogP contribution >= 0.6 is 67.8 Å². The summed E-state index contributed by atoms with van der Waals surface area (Å²) in [5, 5.41) is 3.31. The summed E-state index contributed by atoms with van der Waals surface area (Å²) in [5.41, 5.74) is 0. The lowest BCUT2D eigenvalue weighted by Crippen LogP contribution is -2.20. The van der Waals surface area contributed by atoms with Crippen molar-refractivity contribution in [1.29, 1.82) is 0 Å². The Morgan fingerprint density at radius 3 is 2.40 bits per heavy atom. The van der Waals surface area contributed by atoms with Crippen LogP contribution in [0.25, 0.3) is 0 Å². The molecular weight excluding hydrogens is 531 g/mol. The summed E-state index contributed by atoms with van der Waals surface area (Å²) in [7, 11) is 0. The molecule has 0 saturated carbocycles. The van der Waals surface area contributed by atoms with Gasteiger partial charge in [-0.1, -0.05) is 0 Å². The van der Waals surface area contributed by atoms with Crippen molar-refractivity contribution in [3.05, 3.63) is 22.8 Å². The van der Waals surface area contributed by atoms with E-state index in [2.05, 4.69) is 85.2 Å². The number of benzene rings is 1. The highest BCUT2D eigenvalue weighted by Gasteiger charge is 2.18. The van der Waals surface area contributed by atoms with Crippen LogP contribution in [0.5, 0.6) is 5.75 Å². The van der Waals surface area contributed by atoms with E-state index in [1.807, 2.05) is 0 Å². The molecule has 0 radical (unpaired) electrons. The van der Waals surface area contributed by atoms with Gasteiger partial charge in [0, 0.05) is 10.1 Å². The van der Waals surface area contributed by atoms with Gasteiger partial charge >= 0.3 is 0 Å². The monoisotopic (exact) mass is 541 g/mol. The third-order valence-corrected chi connectivity index (χ3v) is 4.49. The van der Waals surface area contributed by atoms with Crippen molar-refractivity contribution in [2.45, 2.75) is 12.5 Å². The van der Waals surface area contributed by atoms with E-state index in [1.165, 1.54) is 10.7 Å². The van der Waals surface area contributed by atoms with Crippen LogP contribution in [-0.4, -0.2) is 19.2 Å². The van der Waals surface area contributed by atoms with Crippen molar-refractivity contribution in [3.8, 4) is 5.75 Å². The SMILES string of the molecule is Ic1cc(I)c(O[C@H]2CCNC2)c(I)c1. The topological polar surface area (TPSA) is 21.3 Å². The van der Waals surface area contributed by atoms with Gasteiger partial charge in [0.25, 0.3) is 0 Å². The zero-order valence-electron chi connectivity index (χ0n) is 7.90. The lowest BCUT2D eigenvalue weighted by Gasteiger charge is -2.15. The summed E-state index contributed by atoms with van der Waals surface area (Å²) in [6.45, 7) is 2.04. The molecule has 1 aliphatic rings. The molecular formula is C10H10I3NO. The zero-order chi connectivity index (χ0) is 10.8. The molecule has 82 valence electrons. The van der Waals surface area contributed by atoms with Crippen molar-refractivity contribution in [3.63, 3.8) is 0 Å². The Morgan fingerprint density at radius 1 is 1.20 bits per heavy atom. The molecule has 1 heterocycles. The van der Waals surface area contributed by atoms with Gasteiger partial charge in [0.1, 0.15) is 11.9 Å². The van der Waals surface area contributed by atoms with Gasteiger partial charge < -0.3 is 10.1 Å². The quantitative estimate of drug-likeness (QED) is 0.582. The van der Waals surface area contributed by atoms with Crippen LogP contribution in [0.4, 0.5) is 0 Å². The first-order valence-corrected chi connectivity index (χ1v) is 7.92. The summed E-state index contributed by atoms with van der Waals surface area (Å²) < 4.78 is 9.68. The smallest absolute Gasteiger partial charge is 0.146 e. The standard InChI is InChI=1S/C10H10I3NO/c11-6-3-8(12)10(9(13)4-6)15-7-1-2-14-5-7/h3-4,7,14H,1-2,5H2/t7-/m0/s1. The van der Waals surface area contributed by atoms with Gasteiger partial charge in [-0.2, -0.15) is 0 Å². The molecule has 2 rings (SSSR count). The number of hydrogen-bond donors (Lipinski definition) is 1. The summed E-state index contributed by atoms with van der Waals surface area (Å²) in [4.78, 5) is 0. The third-order valence-electron chi connectivity index (χ3n) is 2.26. The molecule has 1 aliphatic heterocycles. The van der Waals surface area contributed by atoms with E-state index >= 15 is 0 Å². The zero-order valence-corrected chi connectivity index (χ0v) is 14.4. The molecule has 1 aromatic carbocycles. The van der Waals surface area contributed by atoms with Crippen molar-refractivity contribution >= 4 is 67.8 Å². The molecule has 15 heavy (non-hydrogen) atoms. The molecule has 0 unspecified atom stereocenters. The van der Waals surface area contributed by atoms with Crippen LogP contribution in [0.1, 0.15) is 6.42 Å². The van der Waals surface area contributed by atoms with Gasteiger partial charge in [0.15, 0.2) is 0 Å². The van der Waals surface area contributed by atoms with Gasteiger partial charge in [-0.3, -0.25) is 0 Å². The van der Waals surface area contributed by atoms with E-state index in [-0.39, 0.29) is 0 Å². The minimum absolute atomic E-state index is 0.340. The molecule has 1 fully saturated rings. The van der Waals surface area contributed by atoms with Crippen LogP contribution in [0.3, 0.4) is 0 Å². The molecule has 1 N–H and O–H groups in total. The van der Waals surface area contributed by atoms with Gasteiger partial charge in [-0.25, -0.2) is 0 Å². The Kier molecular flexibility index (Phi) is 4.77. The molecule has 1 atom stereocenters. The van der Waals surface area contributed by atoms with Crippen LogP contribution in [0.2, 0.25) is 0 Å². The summed E-state index contributed by atoms with van der Waals surface area (Å²) in [6, 6.07) is 4.31. The largest absolute Gasteiger partial charge is 0.487 e. The lowest BCUT2D eigenvalue weighted by atomic mass is 10.3. The third kappa shape index (κ3) is 3.32. The van der Waals surface area contributed by atoms with E-state index in [0.717, 1.165) is 25.3 Å². The maximum atomic E-state index is 6.01. The van der Waals surface area contributed by atoms with Crippen molar-refractivity contribution < 1.29 is 4.74 Å². The average Bonchev–Trinajstić information content (AvgIpc) is 2.63. The number of halogens is 3. The van der Waals surface area contributed by atoms with E-state index in [4.69, 9.17) is 4.74 Å². The minimum Gasteiger partial charge on any atom is -0.487 e. The summed E-state index contributed by atoms with van der Waals surface area (Å²) >= 11 is 7.02. The minimum atomic E-state index is 0.340. The van der Waals surface area contributed by atoms with Crippen LogP contribution in [0.15, 0.2) is 12.1 Å². The fourth-order valence-corrected chi connectivity index (χ4v) is 5.37. The van der Waals surface area contributed by atoms with E-state index in [0.29, 0.717) is 6.10 Å². The van der Waals surface area contributed by atoms with E-state index < -0.39 is 0 Å². The fourth-order valence-electron chi connectivity index (χ4n) is 1.54. The lowest BCUT2D eigenvalue weighted by molar-refractivity contribution is 0.219. The molecule has 0 bridgehead atoms. The highest BCUT2D eigenvalue weighted by molar-refractivity contribution is 14.1. The molecule has 0 aliphatic carbocycles. The molecule has 1 aromatic rings. The van der Waals surface area contributed by atoms with Gasteiger partial charge in [-0.05, 0) is 92.9 Å². The molecule has 0 spiro atoms. The fraction of sp³-hybridized carbons (Fsp3) is 0.400. The molecule has 2 nitrogen and oxygen atoms in total. The highest BCUT2D eigenvalue weighted by atomic mass is 127. The maximum Gasteiger partial charge on any atom is 0.146 e. The maximum absolute atomic E-state index is 6.01. The van der Waals surface area contributed by atoms with Crippen LogP contribution in [-0.2, 0) is 0 Å². The average molecular weight is 541 g/mol. The first kappa shape index (κ1) is 12.6. The molecule has 0 aromatic heterocycles. The van der Waals surface area contributed by atoms with Crippen molar-refractivity contribution in [2.24, 2.45) is 0 Å². The molecule has 0 amide bonds. The van der Waals surface area contributed by atoms with Crippen molar-refractivity contribution in [1.82, 2.24) is 5.32 Å². The predicted octanol–water partition coefficient (Wildman–Crippen LogP) is 3.24. The van der Waals surface area contributed by atoms with E-state index in [1.54, 1.807) is 0 Å². The first-order chi connectivity index (χ1) is 7.16. The Balaban J connectivity index is 2.19. The number of ether oxygens (including phenoxy) is 1. The van der Waals surface area contributed by atoms with Gasteiger partial charge in [0.2, 0.25) is 0 Å².